The average molecular weight is 179 g/mol. The van der Waals surface area contributed by atoms with Crippen LogP contribution in [0.3, 0.4) is 0 Å². The van der Waals surface area contributed by atoms with E-state index in [-0.39, 0.29) is 5.91 Å². The molecule has 0 radical (unpaired) electrons. The fourth-order valence-corrected chi connectivity index (χ4v) is 1.75. The molecular weight excluding hydrogens is 166 g/mol. The molecule has 0 saturated carbocycles. The van der Waals surface area contributed by atoms with Gasteiger partial charge in [-0.05, 0) is 19.3 Å². The monoisotopic (exact) mass is 179 g/mol. The number of fused-ring (bicyclic) bond motifs is 1. The molecule has 1 aliphatic rings. The number of nitrogens with one attached hydrogen (secondary N) is 1. The second-order valence-corrected chi connectivity index (χ2v) is 3.27. The Kier molecular flexibility index (Phi) is 2.04. The van der Waals surface area contributed by atoms with Gasteiger partial charge in [0.2, 0.25) is 0 Å². The molecule has 0 unspecified atom stereocenters. The first-order valence-electron chi connectivity index (χ1n) is 4.59. The zero-order chi connectivity index (χ0) is 9.26. The van der Waals surface area contributed by atoms with E-state index in [4.69, 9.17) is 0 Å². The summed E-state index contributed by atoms with van der Waals surface area (Å²) in [6.07, 6.45) is 5.09. The highest BCUT2D eigenvalue weighted by molar-refractivity contribution is 5.93. The van der Waals surface area contributed by atoms with Gasteiger partial charge >= 0.3 is 0 Å². The molecule has 1 amide bonds. The molecule has 1 aliphatic heterocycles. The summed E-state index contributed by atoms with van der Waals surface area (Å²) >= 11 is 0. The third-order valence-electron chi connectivity index (χ3n) is 2.45. The molecule has 1 aromatic heterocycles. The molecule has 0 bridgehead atoms. The summed E-state index contributed by atoms with van der Waals surface area (Å²) < 4.78 is 2.08. The van der Waals surface area contributed by atoms with Crippen LogP contribution in [0, 0.1) is 0 Å². The normalized spacial score (nSPS) is 15.2. The topological polar surface area (TPSA) is 46.9 Å². The minimum atomic E-state index is -0.0735. The Bertz CT molecular complexity index is 330. The molecule has 0 aromatic carbocycles. The van der Waals surface area contributed by atoms with Crippen LogP contribution in [0.25, 0.3) is 0 Å². The van der Waals surface area contributed by atoms with Gasteiger partial charge in [0.05, 0.1) is 12.0 Å². The number of hydrogen-bond acceptors (Lipinski definition) is 2. The van der Waals surface area contributed by atoms with Crippen LogP contribution in [0.15, 0.2) is 6.33 Å². The van der Waals surface area contributed by atoms with Gasteiger partial charge in [0.1, 0.15) is 5.69 Å². The fraction of sp³-hybridized carbons (Fsp3) is 0.556. The lowest BCUT2D eigenvalue weighted by Gasteiger charge is -2.14. The number of nitrogens with zero attached hydrogens (tertiary/aromatic N) is 2. The van der Waals surface area contributed by atoms with Gasteiger partial charge < -0.3 is 9.88 Å². The van der Waals surface area contributed by atoms with Crippen LogP contribution in [0.5, 0.6) is 0 Å². The molecular formula is C9H13N3O. The van der Waals surface area contributed by atoms with E-state index in [0.717, 1.165) is 25.1 Å². The number of amides is 1. The maximum atomic E-state index is 11.4. The molecule has 1 N–H and O–H groups in total. The first-order valence-corrected chi connectivity index (χ1v) is 4.59. The van der Waals surface area contributed by atoms with Crippen molar-refractivity contribution in [1.29, 1.82) is 0 Å². The predicted molar refractivity (Wildman–Crippen MR) is 48.6 cm³/mol. The largest absolute Gasteiger partial charge is 0.354 e. The third-order valence-corrected chi connectivity index (χ3v) is 2.45. The van der Waals surface area contributed by atoms with Crippen molar-refractivity contribution in [2.45, 2.75) is 25.8 Å². The van der Waals surface area contributed by atoms with Gasteiger partial charge in [-0.25, -0.2) is 4.98 Å². The first kappa shape index (κ1) is 8.29. The minimum absolute atomic E-state index is 0.0735. The van der Waals surface area contributed by atoms with Crippen molar-refractivity contribution in [2.75, 3.05) is 7.05 Å². The smallest absolute Gasteiger partial charge is 0.271 e. The number of hydrogen-bond donors (Lipinski definition) is 1. The van der Waals surface area contributed by atoms with E-state index in [0.29, 0.717) is 5.69 Å². The lowest BCUT2D eigenvalue weighted by molar-refractivity contribution is 0.0957. The van der Waals surface area contributed by atoms with Gasteiger partial charge in [-0.3, -0.25) is 4.79 Å². The average Bonchev–Trinajstić information content (AvgIpc) is 2.60. The summed E-state index contributed by atoms with van der Waals surface area (Å²) in [7, 11) is 1.64. The molecule has 4 nitrogen and oxygen atoms in total. The number of aromatic nitrogens is 2. The maximum Gasteiger partial charge on any atom is 0.271 e. The van der Waals surface area contributed by atoms with Crippen molar-refractivity contribution in [1.82, 2.24) is 14.9 Å². The molecule has 0 spiro atoms. The van der Waals surface area contributed by atoms with Gasteiger partial charge in [-0.2, -0.15) is 0 Å². The predicted octanol–water partition coefficient (Wildman–Crippen LogP) is 0.579. The second-order valence-electron chi connectivity index (χ2n) is 3.27. The van der Waals surface area contributed by atoms with Crippen LogP contribution in [0.1, 0.15) is 29.0 Å². The van der Waals surface area contributed by atoms with Crippen LogP contribution in [-0.4, -0.2) is 22.5 Å². The Balaban J connectivity index is 2.36. The van der Waals surface area contributed by atoms with E-state index < -0.39 is 0 Å². The first-order chi connectivity index (χ1) is 6.33. The highest BCUT2D eigenvalue weighted by Gasteiger charge is 2.18. The van der Waals surface area contributed by atoms with Gasteiger partial charge in [0, 0.05) is 13.6 Å². The molecule has 13 heavy (non-hydrogen) atoms. The number of carbonyl (C=O) groups is 1. The Morgan fingerprint density at radius 2 is 2.46 bits per heavy atom. The molecule has 4 heteroatoms. The molecule has 2 heterocycles. The van der Waals surface area contributed by atoms with E-state index in [1.807, 2.05) is 0 Å². The lowest BCUT2D eigenvalue weighted by Crippen LogP contribution is -2.21. The summed E-state index contributed by atoms with van der Waals surface area (Å²) in [6, 6.07) is 0. The maximum absolute atomic E-state index is 11.4. The van der Waals surface area contributed by atoms with E-state index >= 15 is 0 Å². The van der Waals surface area contributed by atoms with Crippen molar-refractivity contribution < 1.29 is 4.79 Å². The standard InChI is InChI=1S/C9H13N3O/c1-10-9(13)8-7-4-2-3-5-12(7)6-11-8/h6H,2-5H2,1H3,(H,10,13). The van der Waals surface area contributed by atoms with Gasteiger partial charge in [-0.15, -0.1) is 0 Å². The van der Waals surface area contributed by atoms with Crippen molar-refractivity contribution in [3.05, 3.63) is 17.7 Å². The van der Waals surface area contributed by atoms with Gasteiger partial charge in [-0.1, -0.05) is 0 Å². The summed E-state index contributed by atoms with van der Waals surface area (Å²) in [4.78, 5) is 15.5. The van der Waals surface area contributed by atoms with E-state index in [9.17, 15) is 4.79 Å². The Labute approximate surface area is 77.0 Å². The quantitative estimate of drug-likeness (QED) is 0.685. The van der Waals surface area contributed by atoms with Crippen molar-refractivity contribution >= 4 is 5.91 Å². The SMILES string of the molecule is CNC(=O)c1ncn2c1CCCC2. The molecule has 0 saturated heterocycles. The van der Waals surface area contributed by atoms with Crippen LogP contribution < -0.4 is 5.32 Å². The Hall–Kier alpha value is -1.32. The number of aryl methyl sites for hydroxylation is 1. The highest BCUT2D eigenvalue weighted by Crippen LogP contribution is 2.17. The Morgan fingerprint density at radius 1 is 1.62 bits per heavy atom. The van der Waals surface area contributed by atoms with E-state index in [2.05, 4.69) is 14.9 Å². The van der Waals surface area contributed by atoms with Crippen molar-refractivity contribution in [3.8, 4) is 0 Å². The zero-order valence-corrected chi connectivity index (χ0v) is 7.71. The molecule has 0 atom stereocenters. The Morgan fingerprint density at radius 3 is 3.23 bits per heavy atom. The van der Waals surface area contributed by atoms with Crippen molar-refractivity contribution in [2.24, 2.45) is 0 Å². The summed E-state index contributed by atoms with van der Waals surface area (Å²) in [6.45, 7) is 0.999. The summed E-state index contributed by atoms with van der Waals surface area (Å²) in [5.74, 6) is -0.0735. The van der Waals surface area contributed by atoms with E-state index in [1.54, 1.807) is 13.4 Å². The summed E-state index contributed by atoms with van der Waals surface area (Å²) in [5.41, 5.74) is 1.69. The molecule has 0 fully saturated rings. The lowest BCUT2D eigenvalue weighted by atomic mass is 10.1. The molecule has 0 aliphatic carbocycles. The fourth-order valence-electron chi connectivity index (χ4n) is 1.75. The van der Waals surface area contributed by atoms with Crippen LogP contribution in [0.2, 0.25) is 0 Å². The van der Waals surface area contributed by atoms with Crippen molar-refractivity contribution in [3.63, 3.8) is 0 Å². The molecule has 70 valence electrons. The number of rotatable bonds is 1. The number of imidazole rings is 1. The second kappa shape index (κ2) is 3.20. The highest BCUT2D eigenvalue weighted by atomic mass is 16.1. The van der Waals surface area contributed by atoms with Gasteiger partial charge in [0.15, 0.2) is 0 Å². The molecule has 2 rings (SSSR count). The van der Waals surface area contributed by atoms with Crippen LogP contribution in [0.4, 0.5) is 0 Å². The number of carbonyl (C=O) groups excluding carboxylic acids is 1. The summed E-state index contributed by atoms with van der Waals surface area (Å²) in [5, 5.41) is 2.60. The molecule has 1 aromatic rings. The van der Waals surface area contributed by atoms with E-state index in [1.165, 1.54) is 6.42 Å². The minimum Gasteiger partial charge on any atom is -0.354 e. The van der Waals surface area contributed by atoms with Crippen LogP contribution in [-0.2, 0) is 13.0 Å². The van der Waals surface area contributed by atoms with Gasteiger partial charge in [0.25, 0.3) is 5.91 Å². The zero-order valence-electron chi connectivity index (χ0n) is 7.71. The van der Waals surface area contributed by atoms with Crippen LogP contribution >= 0.6 is 0 Å². The third kappa shape index (κ3) is 1.32.